The van der Waals surface area contributed by atoms with Crippen LogP contribution in [0.3, 0.4) is 0 Å². The number of aromatic carboxylic acids is 1. The molecule has 0 fully saturated rings. The summed E-state index contributed by atoms with van der Waals surface area (Å²) in [6.07, 6.45) is 1.40. The van der Waals surface area contributed by atoms with E-state index in [-0.39, 0.29) is 23.4 Å². The van der Waals surface area contributed by atoms with E-state index in [1.54, 1.807) is 6.07 Å². The molecule has 0 radical (unpaired) electrons. The van der Waals surface area contributed by atoms with Crippen LogP contribution < -0.4 is 4.74 Å². The van der Waals surface area contributed by atoms with Gasteiger partial charge in [-0.15, -0.1) is 0 Å². The number of carboxylic acid groups (broad SMARTS) is 1. The minimum absolute atomic E-state index is 0.125. The maximum Gasteiger partial charge on any atom is 0.358 e. The van der Waals surface area contributed by atoms with Crippen LogP contribution in [-0.4, -0.2) is 26.0 Å². The van der Waals surface area contributed by atoms with Crippen molar-refractivity contribution in [2.24, 2.45) is 0 Å². The number of nitrogens with zero attached hydrogens (tertiary/aromatic N) is 3. The lowest BCUT2D eigenvalue weighted by Gasteiger charge is -2.10. The van der Waals surface area contributed by atoms with Gasteiger partial charge in [0.25, 0.3) is 0 Å². The van der Waals surface area contributed by atoms with Crippen molar-refractivity contribution < 1.29 is 14.6 Å². The van der Waals surface area contributed by atoms with Gasteiger partial charge in [0, 0.05) is 11.9 Å². The Morgan fingerprint density at radius 1 is 1.35 bits per heavy atom. The van der Waals surface area contributed by atoms with E-state index >= 15 is 0 Å². The van der Waals surface area contributed by atoms with E-state index in [2.05, 4.69) is 15.0 Å². The Balaban J connectivity index is 2.38. The topological polar surface area (TPSA) is 85.2 Å². The quantitative estimate of drug-likeness (QED) is 0.921. The van der Waals surface area contributed by atoms with E-state index in [4.69, 9.17) is 9.84 Å². The van der Waals surface area contributed by atoms with Gasteiger partial charge in [-0.3, -0.25) is 0 Å². The molecule has 2 aromatic heterocycles. The first kappa shape index (κ1) is 13.9. The molecule has 20 heavy (non-hydrogen) atoms. The lowest BCUT2D eigenvalue weighted by atomic mass is 10.1. The zero-order valence-electron chi connectivity index (χ0n) is 11.5. The third-order valence-electron chi connectivity index (χ3n) is 2.62. The summed E-state index contributed by atoms with van der Waals surface area (Å²) in [4.78, 5) is 23.3. The number of rotatable bonds is 4. The summed E-state index contributed by atoms with van der Waals surface area (Å²) >= 11 is 0. The van der Waals surface area contributed by atoms with Crippen LogP contribution in [0.2, 0.25) is 0 Å². The molecular weight excluding hydrogens is 258 g/mol. The van der Waals surface area contributed by atoms with Crippen molar-refractivity contribution in [1.82, 2.24) is 15.0 Å². The van der Waals surface area contributed by atoms with Crippen LogP contribution in [0.4, 0.5) is 0 Å². The third kappa shape index (κ3) is 3.09. The normalized spacial score (nSPS) is 10.6. The molecule has 0 atom stereocenters. The van der Waals surface area contributed by atoms with E-state index < -0.39 is 5.97 Å². The number of pyridine rings is 1. The van der Waals surface area contributed by atoms with Gasteiger partial charge in [0.1, 0.15) is 0 Å². The molecule has 0 spiro atoms. The van der Waals surface area contributed by atoms with E-state index in [0.717, 1.165) is 11.4 Å². The first-order valence-electron chi connectivity index (χ1n) is 6.19. The first-order valence-corrected chi connectivity index (χ1v) is 6.19. The lowest BCUT2D eigenvalue weighted by molar-refractivity contribution is 0.0687. The van der Waals surface area contributed by atoms with Crippen LogP contribution >= 0.6 is 0 Å². The Bertz CT molecular complexity index is 641. The molecule has 6 nitrogen and oxygen atoms in total. The van der Waals surface area contributed by atoms with Gasteiger partial charge < -0.3 is 9.84 Å². The standard InChI is InChI=1S/C14H15N3O3/c1-8(2)10-7-9(3)16-14(17-10)20-11-5-4-6-15-12(11)13(18)19/h4-8H,1-3H3,(H,18,19). The Kier molecular flexibility index (Phi) is 3.93. The number of aromatic nitrogens is 3. The van der Waals surface area contributed by atoms with Gasteiger partial charge >= 0.3 is 12.0 Å². The zero-order chi connectivity index (χ0) is 14.7. The van der Waals surface area contributed by atoms with E-state index in [1.165, 1.54) is 12.3 Å². The summed E-state index contributed by atoms with van der Waals surface area (Å²) in [5.74, 6) is -0.801. The average molecular weight is 273 g/mol. The maximum absolute atomic E-state index is 11.1. The summed E-state index contributed by atoms with van der Waals surface area (Å²) in [6, 6.07) is 5.13. The second kappa shape index (κ2) is 5.64. The summed E-state index contributed by atoms with van der Waals surface area (Å²) < 4.78 is 5.48. The molecule has 6 heteroatoms. The monoisotopic (exact) mass is 273 g/mol. The van der Waals surface area contributed by atoms with Crippen molar-refractivity contribution in [1.29, 1.82) is 0 Å². The lowest BCUT2D eigenvalue weighted by Crippen LogP contribution is -2.05. The van der Waals surface area contributed by atoms with Crippen LogP contribution in [0.15, 0.2) is 24.4 Å². The number of aryl methyl sites for hydroxylation is 1. The highest BCUT2D eigenvalue weighted by Gasteiger charge is 2.15. The third-order valence-corrected chi connectivity index (χ3v) is 2.62. The summed E-state index contributed by atoms with van der Waals surface area (Å²) in [6.45, 7) is 5.86. The second-order valence-corrected chi connectivity index (χ2v) is 4.63. The molecule has 0 aliphatic heterocycles. The van der Waals surface area contributed by atoms with Crippen LogP contribution in [0, 0.1) is 6.92 Å². The van der Waals surface area contributed by atoms with Gasteiger partial charge in [-0.05, 0) is 31.0 Å². The molecule has 2 aromatic rings. The van der Waals surface area contributed by atoms with Crippen LogP contribution in [0.5, 0.6) is 11.8 Å². The maximum atomic E-state index is 11.1. The molecule has 2 heterocycles. The molecule has 0 amide bonds. The Hall–Kier alpha value is -2.50. The molecule has 0 saturated heterocycles. The number of hydrogen-bond acceptors (Lipinski definition) is 5. The van der Waals surface area contributed by atoms with Crippen LogP contribution in [0.1, 0.15) is 41.6 Å². The molecule has 0 saturated carbocycles. The van der Waals surface area contributed by atoms with E-state index in [1.807, 2.05) is 26.8 Å². The fourth-order valence-corrected chi connectivity index (χ4v) is 1.64. The minimum Gasteiger partial charge on any atom is -0.476 e. The van der Waals surface area contributed by atoms with Gasteiger partial charge in [0.05, 0.1) is 5.69 Å². The highest BCUT2D eigenvalue weighted by Crippen LogP contribution is 2.23. The fraction of sp³-hybridized carbons (Fsp3) is 0.286. The predicted octanol–water partition coefficient (Wildman–Crippen LogP) is 2.79. The van der Waals surface area contributed by atoms with Gasteiger partial charge in [0.15, 0.2) is 11.4 Å². The van der Waals surface area contributed by atoms with Gasteiger partial charge in [0.2, 0.25) is 0 Å². The summed E-state index contributed by atoms with van der Waals surface area (Å²) in [5, 5.41) is 9.06. The molecule has 2 rings (SSSR count). The van der Waals surface area contributed by atoms with Crippen molar-refractivity contribution >= 4 is 5.97 Å². The summed E-state index contributed by atoms with van der Waals surface area (Å²) in [7, 11) is 0. The Morgan fingerprint density at radius 2 is 2.10 bits per heavy atom. The number of hydrogen-bond donors (Lipinski definition) is 1. The van der Waals surface area contributed by atoms with Crippen molar-refractivity contribution in [2.45, 2.75) is 26.7 Å². The van der Waals surface area contributed by atoms with Crippen LogP contribution in [-0.2, 0) is 0 Å². The first-order chi connectivity index (χ1) is 9.47. The molecule has 0 unspecified atom stereocenters. The largest absolute Gasteiger partial charge is 0.476 e. The minimum atomic E-state index is -1.16. The van der Waals surface area contributed by atoms with E-state index in [9.17, 15) is 4.79 Å². The second-order valence-electron chi connectivity index (χ2n) is 4.63. The van der Waals surface area contributed by atoms with Crippen molar-refractivity contribution in [3.8, 4) is 11.8 Å². The predicted molar refractivity (Wildman–Crippen MR) is 72.1 cm³/mol. The number of carbonyl (C=O) groups is 1. The van der Waals surface area contributed by atoms with Crippen LogP contribution in [0.25, 0.3) is 0 Å². The van der Waals surface area contributed by atoms with Gasteiger partial charge in [-0.2, -0.15) is 4.98 Å². The van der Waals surface area contributed by atoms with Crippen molar-refractivity contribution in [2.75, 3.05) is 0 Å². The highest BCUT2D eigenvalue weighted by molar-refractivity contribution is 5.88. The fourth-order valence-electron chi connectivity index (χ4n) is 1.64. The highest BCUT2D eigenvalue weighted by atomic mass is 16.5. The number of carboxylic acids is 1. The molecule has 1 N–H and O–H groups in total. The number of ether oxygens (including phenoxy) is 1. The molecular formula is C14H15N3O3. The van der Waals surface area contributed by atoms with Gasteiger partial charge in [-0.1, -0.05) is 13.8 Å². The Labute approximate surface area is 116 Å². The zero-order valence-corrected chi connectivity index (χ0v) is 11.5. The molecule has 0 aliphatic carbocycles. The molecule has 104 valence electrons. The molecule has 0 aliphatic rings. The smallest absolute Gasteiger partial charge is 0.358 e. The average Bonchev–Trinajstić information content (AvgIpc) is 2.38. The van der Waals surface area contributed by atoms with Gasteiger partial charge in [-0.25, -0.2) is 14.8 Å². The SMILES string of the molecule is Cc1cc(C(C)C)nc(Oc2cccnc2C(=O)O)n1. The molecule has 0 aromatic carbocycles. The van der Waals surface area contributed by atoms with Crippen molar-refractivity contribution in [3.05, 3.63) is 41.5 Å². The van der Waals surface area contributed by atoms with E-state index in [0.29, 0.717) is 0 Å². The molecule has 0 bridgehead atoms. The Morgan fingerprint density at radius 3 is 2.75 bits per heavy atom. The van der Waals surface area contributed by atoms with Crippen molar-refractivity contribution in [3.63, 3.8) is 0 Å². The summed E-state index contributed by atoms with van der Waals surface area (Å²) in [5.41, 5.74) is 1.44.